The average Bonchev–Trinajstić information content (AvgIpc) is 1.65. The van der Waals surface area contributed by atoms with Gasteiger partial charge in [-0.2, -0.15) is 0 Å². The van der Waals surface area contributed by atoms with Crippen LogP contribution in [0, 0.1) is 39.5 Å². The molecular formula is C103H118N12O10. The quantitative estimate of drug-likeness (QED) is 0.0683. The molecule has 10 heterocycles. The Morgan fingerprint density at radius 1 is 0.440 bits per heavy atom. The minimum absolute atomic E-state index is 0.00661. The van der Waals surface area contributed by atoms with Crippen LogP contribution in [0.25, 0.3) is 33.7 Å². The number of aromatic amines is 2. The van der Waals surface area contributed by atoms with Crippen molar-refractivity contribution in [3.8, 4) is 22.5 Å². The van der Waals surface area contributed by atoms with Crippen LogP contribution in [0.4, 0.5) is 9.59 Å². The second-order valence-corrected chi connectivity index (χ2v) is 34.3. The van der Waals surface area contributed by atoms with E-state index in [1.807, 2.05) is 194 Å². The smallest absolute Gasteiger partial charge is 0.412 e. The van der Waals surface area contributed by atoms with Gasteiger partial charge in [-0.25, -0.2) is 19.6 Å². The molecule has 0 aliphatic carbocycles. The first-order valence-corrected chi connectivity index (χ1v) is 44.2. The summed E-state index contributed by atoms with van der Waals surface area (Å²) in [4.78, 5) is 91.0. The van der Waals surface area contributed by atoms with Crippen molar-refractivity contribution in [1.29, 1.82) is 0 Å². The maximum absolute atomic E-state index is 13.5. The Kier molecular flexibility index (Phi) is 29.8. The van der Waals surface area contributed by atoms with Crippen molar-refractivity contribution in [3.05, 3.63) is 310 Å². The van der Waals surface area contributed by atoms with Gasteiger partial charge in [-0.3, -0.25) is 39.2 Å². The van der Waals surface area contributed by atoms with E-state index >= 15 is 0 Å². The van der Waals surface area contributed by atoms with Gasteiger partial charge in [0.05, 0.1) is 61.2 Å². The molecule has 125 heavy (non-hydrogen) atoms. The molecule has 10 aromatic rings. The van der Waals surface area contributed by atoms with Gasteiger partial charge in [0.1, 0.15) is 49.4 Å². The number of allylic oxidation sites excluding steroid dienone is 2. The summed E-state index contributed by atoms with van der Waals surface area (Å²) in [5.41, 5.74) is 19.7. The van der Waals surface area contributed by atoms with Crippen LogP contribution in [-0.4, -0.2) is 190 Å². The number of hydrogen-bond acceptors (Lipinski definition) is 16. The Hall–Kier alpha value is -11.8. The number of amides is 4. The SMILES string of the molecule is Cc1ccc(-c2cnc([C@@H]3CCCN3C(=O)[C@@H](c3ccccc3)N(C)C)[nH]2)cc1.Cc1ccc(-c2cnc([C@@H]3CCCN3C(=O)[C@@H](c3ccccc3)N(C)C)[nH]2)cc1.Cc1ccc(C2=CN=C([C@@H]3COC(C4CCOCC4)N3C(=O)OCc3ccccc3)C2)cc1.Cc1ccc(C2=CN=C([C@@H]3COC(CC4CCOCC4)N3C(=O)OCc3ccccc3)C2)cc1. The number of carbonyl (C=O) groups is 4. The molecule has 18 rings (SSSR count). The van der Waals surface area contributed by atoms with Gasteiger partial charge in [-0.05, 0) is 175 Å². The number of aromatic nitrogens is 4. The van der Waals surface area contributed by atoms with Crippen LogP contribution >= 0.6 is 0 Å². The lowest BCUT2D eigenvalue weighted by Crippen LogP contribution is -2.49. The third kappa shape index (κ3) is 22.1. The molecule has 0 saturated carbocycles. The molecule has 650 valence electrons. The molecule has 0 spiro atoms. The minimum Gasteiger partial charge on any atom is -0.444 e. The number of carbonyl (C=O) groups excluding carboxylic acids is 4. The maximum atomic E-state index is 13.5. The molecule has 0 radical (unpaired) electrons. The highest BCUT2D eigenvalue weighted by atomic mass is 16.6. The summed E-state index contributed by atoms with van der Waals surface area (Å²) in [5.74, 6) is 2.73. The van der Waals surface area contributed by atoms with E-state index in [1.165, 1.54) is 33.4 Å². The number of hydrogen-bond donors (Lipinski definition) is 2. The van der Waals surface area contributed by atoms with Crippen molar-refractivity contribution in [2.45, 2.75) is 160 Å². The highest BCUT2D eigenvalue weighted by molar-refractivity contribution is 6.04. The molecule has 2 N–H and O–H groups in total. The Bertz CT molecular complexity index is 5160. The molecule has 22 nitrogen and oxygen atoms in total. The van der Waals surface area contributed by atoms with Gasteiger partial charge in [0.2, 0.25) is 11.8 Å². The van der Waals surface area contributed by atoms with E-state index in [4.69, 9.17) is 38.4 Å². The number of imidazole rings is 2. The number of likely N-dealkylation sites (N-methyl/N-ethyl adjacent to an activating group) is 2. The summed E-state index contributed by atoms with van der Waals surface area (Å²) in [7, 11) is 7.85. The molecule has 22 heteroatoms. The molecule has 2 unspecified atom stereocenters. The normalized spacial score (nSPS) is 20.6. The first kappa shape index (κ1) is 88.1. The molecule has 8 aromatic carbocycles. The molecule has 6 fully saturated rings. The number of aliphatic imine (C=N–C) groups is 2. The van der Waals surface area contributed by atoms with Crippen molar-refractivity contribution in [2.24, 2.45) is 21.8 Å². The van der Waals surface area contributed by atoms with Gasteiger partial charge >= 0.3 is 12.2 Å². The highest BCUT2D eigenvalue weighted by Gasteiger charge is 2.48. The Morgan fingerprint density at radius 3 is 1.23 bits per heavy atom. The monoisotopic (exact) mass is 1680 g/mol. The van der Waals surface area contributed by atoms with Crippen LogP contribution in [0.15, 0.2) is 253 Å². The molecule has 0 bridgehead atoms. The van der Waals surface area contributed by atoms with Gasteiger partial charge in [0.15, 0.2) is 0 Å². The molecule has 8 aliphatic rings. The molecule has 4 amide bonds. The second kappa shape index (κ2) is 42.3. The molecule has 6 saturated heterocycles. The lowest BCUT2D eigenvalue weighted by Gasteiger charge is -2.34. The summed E-state index contributed by atoms with van der Waals surface area (Å²) in [6, 6.07) is 72.3. The number of nitrogens with one attached hydrogen (secondary N) is 2. The van der Waals surface area contributed by atoms with E-state index in [-0.39, 0.29) is 91.8 Å². The molecule has 8 atom stereocenters. The standard InChI is InChI=1S/C28H32N2O4.C27H30N2O4.2C24H28N4O/c1-20-7-9-23(10-8-20)24-16-25(29-17-24)26-19-33-27(15-21-11-13-32-14-12-21)30(26)28(31)34-18-22-5-3-2-4-6-22;1-19-7-9-21(10-8-19)23-15-24(28-16-23)25-18-32-26(22-11-13-31-14-12-22)29(25)27(30)33-17-20-5-3-2-4-6-20;2*1-17-11-13-18(14-12-17)20-16-25-23(26-20)21-10-7-15-28(21)24(29)22(27(2)3)19-8-5-4-6-9-19/h2-10,17,21,26-27H,11-16,18-19H2,1H3;2-10,16,22,25-26H,11-15,17-18H2,1H3;2*4-6,8-9,11-14,16,21-22H,7,10,15H2,1-3H3,(H,25,26)/t26-,27?;25-,26?;2*21-,22+/m0000/s1. The zero-order chi connectivity index (χ0) is 86.7. The zero-order valence-corrected chi connectivity index (χ0v) is 73.3. The predicted octanol–water partition coefficient (Wildman–Crippen LogP) is 19.0. The molecular weight excluding hydrogens is 1570 g/mol. The number of aryl methyl sites for hydroxylation is 4. The zero-order valence-electron chi connectivity index (χ0n) is 73.3. The first-order chi connectivity index (χ1) is 60.9. The summed E-state index contributed by atoms with van der Waals surface area (Å²) in [5, 5.41) is 0. The van der Waals surface area contributed by atoms with Crippen molar-refractivity contribution in [1.82, 2.24) is 49.3 Å². The second-order valence-electron chi connectivity index (χ2n) is 34.3. The van der Waals surface area contributed by atoms with Crippen LogP contribution in [0.3, 0.4) is 0 Å². The van der Waals surface area contributed by atoms with E-state index in [0.29, 0.717) is 45.2 Å². The number of benzene rings is 8. The first-order valence-electron chi connectivity index (χ1n) is 44.2. The average molecular weight is 1680 g/mol. The van der Waals surface area contributed by atoms with Gasteiger partial charge < -0.3 is 48.2 Å². The summed E-state index contributed by atoms with van der Waals surface area (Å²) in [6.07, 6.45) is 16.1. The highest BCUT2D eigenvalue weighted by Crippen LogP contribution is 2.41. The van der Waals surface area contributed by atoms with E-state index in [1.54, 1.807) is 9.80 Å². The van der Waals surface area contributed by atoms with E-state index in [2.05, 4.69) is 145 Å². The summed E-state index contributed by atoms with van der Waals surface area (Å²) >= 11 is 0. The fourth-order valence-corrected chi connectivity index (χ4v) is 18.0. The van der Waals surface area contributed by atoms with Crippen LogP contribution in [-0.2, 0) is 51.2 Å². The third-order valence-corrected chi connectivity index (χ3v) is 25.0. The number of rotatable bonds is 21. The fourth-order valence-electron chi connectivity index (χ4n) is 18.0. The van der Waals surface area contributed by atoms with Crippen LogP contribution < -0.4 is 0 Å². The number of nitrogens with zero attached hydrogens (tertiary/aromatic N) is 10. The Labute approximate surface area is 735 Å². The van der Waals surface area contributed by atoms with E-state index in [9.17, 15) is 19.2 Å². The third-order valence-electron chi connectivity index (χ3n) is 25.0. The predicted molar refractivity (Wildman–Crippen MR) is 489 cm³/mol. The Balaban J connectivity index is 0.000000129. The summed E-state index contributed by atoms with van der Waals surface area (Å²) < 4.78 is 35.0. The maximum Gasteiger partial charge on any atom is 0.412 e. The van der Waals surface area contributed by atoms with Crippen LogP contribution in [0.2, 0.25) is 0 Å². The Morgan fingerprint density at radius 2 is 0.816 bits per heavy atom. The van der Waals surface area contributed by atoms with Gasteiger partial charge in [-0.15, -0.1) is 0 Å². The topological polar surface area (TPSA) is 225 Å². The van der Waals surface area contributed by atoms with Crippen LogP contribution in [0.1, 0.15) is 162 Å². The fraction of sp³-hybridized carbons (Fsp3) is 0.379. The van der Waals surface area contributed by atoms with E-state index in [0.717, 1.165) is 163 Å². The molecule has 2 aromatic heterocycles. The number of likely N-dealkylation sites (tertiary alicyclic amines) is 2. The number of ether oxygens (including phenoxy) is 6. The van der Waals surface area contributed by atoms with Gasteiger partial charge in [-0.1, -0.05) is 241 Å². The van der Waals surface area contributed by atoms with Gasteiger partial charge in [0, 0.05) is 82.1 Å². The van der Waals surface area contributed by atoms with Crippen molar-refractivity contribution < 1.29 is 47.6 Å². The van der Waals surface area contributed by atoms with E-state index < -0.39 is 0 Å². The lowest BCUT2D eigenvalue weighted by molar-refractivity contribution is -0.138. The van der Waals surface area contributed by atoms with Crippen molar-refractivity contribution in [2.75, 3.05) is 80.9 Å². The van der Waals surface area contributed by atoms with Crippen LogP contribution in [0.5, 0.6) is 0 Å². The minimum atomic E-state index is -0.343. The van der Waals surface area contributed by atoms with Crippen molar-refractivity contribution in [3.63, 3.8) is 0 Å². The number of H-pyrrole nitrogens is 2. The van der Waals surface area contributed by atoms with Gasteiger partial charge in [0.25, 0.3) is 0 Å². The largest absolute Gasteiger partial charge is 0.444 e. The lowest BCUT2D eigenvalue weighted by atomic mass is 9.95. The van der Waals surface area contributed by atoms with Crippen molar-refractivity contribution >= 4 is 46.6 Å². The molecule has 8 aliphatic heterocycles. The summed E-state index contributed by atoms with van der Waals surface area (Å²) in [6.45, 7) is 14.2.